The van der Waals surface area contributed by atoms with E-state index in [1.165, 1.54) is 5.57 Å². The van der Waals surface area contributed by atoms with Crippen molar-refractivity contribution in [3.63, 3.8) is 0 Å². The largest absolute Gasteiger partial charge is 0.353 e. The molecule has 0 aromatic heterocycles. The molecule has 0 atom stereocenters. The Morgan fingerprint density at radius 2 is 2.00 bits per heavy atom. The van der Waals surface area contributed by atoms with Gasteiger partial charge in [-0.25, -0.2) is 0 Å². The molecule has 0 bridgehead atoms. The summed E-state index contributed by atoms with van der Waals surface area (Å²) in [6, 6.07) is 0. The normalized spacial score (nSPS) is 15.5. The van der Waals surface area contributed by atoms with E-state index < -0.39 is 0 Å². The molecule has 0 amide bonds. The molecule has 0 fully saturated rings. The minimum Gasteiger partial charge on any atom is -0.353 e. The number of allylic oxidation sites excluding steroid dienone is 3. The van der Waals surface area contributed by atoms with Gasteiger partial charge in [0.25, 0.3) is 0 Å². The van der Waals surface area contributed by atoms with Crippen molar-refractivity contribution in [2.45, 2.75) is 33.0 Å². The summed E-state index contributed by atoms with van der Waals surface area (Å²) in [5, 5.41) is 0. The molecule has 1 aliphatic rings. The lowest BCUT2D eigenvalue weighted by Crippen LogP contribution is -2.17. The van der Waals surface area contributed by atoms with Gasteiger partial charge in [-0.3, -0.25) is 0 Å². The first-order valence-electron chi connectivity index (χ1n) is 4.95. The van der Waals surface area contributed by atoms with Crippen LogP contribution >= 0.6 is 0 Å². The van der Waals surface area contributed by atoms with E-state index in [2.05, 4.69) is 18.2 Å². The molecular weight excluding hydrogens is 164 g/mol. The molecule has 2 nitrogen and oxygen atoms in total. The first-order chi connectivity index (χ1) is 6.36. The van der Waals surface area contributed by atoms with E-state index >= 15 is 0 Å². The summed E-state index contributed by atoms with van der Waals surface area (Å²) in [6.07, 6.45) is 8.38. The number of hydrogen-bond donors (Lipinski definition) is 0. The van der Waals surface area contributed by atoms with Gasteiger partial charge in [0, 0.05) is 19.6 Å². The van der Waals surface area contributed by atoms with E-state index in [1.807, 2.05) is 13.8 Å². The quantitative estimate of drug-likeness (QED) is 0.588. The predicted octanol–water partition coefficient (Wildman–Crippen LogP) is 2.66. The van der Waals surface area contributed by atoms with Crippen LogP contribution in [0.3, 0.4) is 0 Å². The summed E-state index contributed by atoms with van der Waals surface area (Å²) >= 11 is 0. The topological polar surface area (TPSA) is 18.5 Å². The fourth-order valence-electron chi connectivity index (χ4n) is 1.39. The second kappa shape index (κ2) is 5.95. The lowest BCUT2D eigenvalue weighted by atomic mass is 10.2. The highest BCUT2D eigenvalue weighted by atomic mass is 16.7. The molecule has 2 heteroatoms. The summed E-state index contributed by atoms with van der Waals surface area (Å²) in [5.41, 5.74) is 1.33. The molecule has 1 rings (SSSR count). The van der Waals surface area contributed by atoms with Crippen molar-refractivity contribution in [3.05, 3.63) is 23.8 Å². The molecule has 0 aromatic carbocycles. The Kier molecular flexibility index (Phi) is 4.79. The highest BCUT2D eigenvalue weighted by Crippen LogP contribution is 2.16. The number of hydrogen-bond acceptors (Lipinski definition) is 2. The van der Waals surface area contributed by atoms with Crippen LogP contribution in [-0.4, -0.2) is 19.5 Å². The van der Waals surface area contributed by atoms with Crippen molar-refractivity contribution >= 4 is 0 Å². The number of rotatable bonds is 6. The molecule has 0 unspecified atom stereocenters. The van der Waals surface area contributed by atoms with Gasteiger partial charge in [-0.05, 0) is 25.8 Å². The van der Waals surface area contributed by atoms with Gasteiger partial charge in [-0.15, -0.1) is 0 Å². The van der Waals surface area contributed by atoms with Crippen LogP contribution in [0.1, 0.15) is 26.7 Å². The highest BCUT2D eigenvalue weighted by Gasteiger charge is 2.10. The van der Waals surface area contributed by atoms with Gasteiger partial charge in [0.15, 0.2) is 6.29 Å². The maximum absolute atomic E-state index is 5.45. The average Bonchev–Trinajstić information content (AvgIpc) is 2.58. The second-order valence-corrected chi connectivity index (χ2v) is 2.96. The molecule has 0 heterocycles. The van der Waals surface area contributed by atoms with Gasteiger partial charge >= 0.3 is 0 Å². The first kappa shape index (κ1) is 10.5. The van der Waals surface area contributed by atoms with Crippen molar-refractivity contribution in [1.82, 2.24) is 0 Å². The fraction of sp³-hybridized carbons (Fsp3) is 0.636. The van der Waals surface area contributed by atoms with E-state index in [9.17, 15) is 0 Å². The second-order valence-electron chi connectivity index (χ2n) is 2.96. The summed E-state index contributed by atoms with van der Waals surface area (Å²) in [4.78, 5) is 0. The third kappa shape index (κ3) is 3.75. The third-order valence-electron chi connectivity index (χ3n) is 1.96. The lowest BCUT2D eigenvalue weighted by molar-refractivity contribution is -0.134. The Morgan fingerprint density at radius 3 is 2.46 bits per heavy atom. The van der Waals surface area contributed by atoms with Gasteiger partial charge in [0.05, 0.1) is 0 Å². The van der Waals surface area contributed by atoms with Crippen molar-refractivity contribution in [2.24, 2.45) is 0 Å². The average molecular weight is 182 g/mol. The summed E-state index contributed by atoms with van der Waals surface area (Å²) in [6.45, 7) is 5.40. The first-order valence-corrected chi connectivity index (χ1v) is 4.95. The molecule has 0 spiro atoms. The molecule has 74 valence electrons. The molecule has 1 aliphatic carbocycles. The molecule has 0 radical (unpaired) electrons. The van der Waals surface area contributed by atoms with E-state index in [1.54, 1.807) is 0 Å². The standard InChI is InChI=1S/C11H18O2/c1-3-12-11(13-4-2)9-10-7-5-6-8-10/h5,7-8,11H,3-4,6,9H2,1-2H3. The SMILES string of the molecule is CCOC(CC1=CCC=C1)OCC. The maximum atomic E-state index is 5.45. The number of ether oxygens (including phenoxy) is 2. The minimum absolute atomic E-state index is 0.0657. The van der Waals surface area contributed by atoms with Crippen LogP contribution in [0.15, 0.2) is 23.8 Å². The predicted molar refractivity (Wildman–Crippen MR) is 53.5 cm³/mol. The lowest BCUT2D eigenvalue weighted by Gasteiger charge is -2.16. The zero-order valence-corrected chi connectivity index (χ0v) is 8.45. The summed E-state index contributed by atoms with van der Waals surface area (Å²) in [7, 11) is 0. The van der Waals surface area contributed by atoms with Gasteiger partial charge in [-0.2, -0.15) is 0 Å². The van der Waals surface area contributed by atoms with Gasteiger partial charge in [-0.1, -0.05) is 18.2 Å². The monoisotopic (exact) mass is 182 g/mol. The molecular formula is C11H18O2. The Hall–Kier alpha value is -0.600. The Morgan fingerprint density at radius 1 is 1.31 bits per heavy atom. The highest BCUT2D eigenvalue weighted by molar-refractivity contribution is 5.26. The minimum atomic E-state index is -0.0657. The van der Waals surface area contributed by atoms with Crippen LogP contribution < -0.4 is 0 Å². The van der Waals surface area contributed by atoms with Crippen LogP contribution in [0.2, 0.25) is 0 Å². The molecule has 0 saturated heterocycles. The summed E-state index contributed by atoms with van der Waals surface area (Å²) in [5.74, 6) is 0. The molecule has 0 saturated carbocycles. The van der Waals surface area contributed by atoms with E-state index in [4.69, 9.17) is 9.47 Å². The summed E-state index contributed by atoms with van der Waals surface area (Å²) < 4.78 is 10.9. The molecule has 0 aromatic rings. The third-order valence-corrected chi connectivity index (χ3v) is 1.96. The van der Waals surface area contributed by atoms with Crippen molar-refractivity contribution in [2.75, 3.05) is 13.2 Å². The van der Waals surface area contributed by atoms with Crippen molar-refractivity contribution in [3.8, 4) is 0 Å². The van der Waals surface area contributed by atoms with Gasteiger partial charge in [0.1, 0.15) is 0 Å². The van der Waals surface area contributed by atoms with Crippen LogP contribution in [0.25, 0.3) is 0 Å². The fourth-order valence-corrected chi connectivity index (χ4v) is 1.39. The Balaban J connectivity index is 2.32. The zero-order chi connectivity index (χ0) is 9.52. The van der Waals surface area contributed by atoms with E-state index in [-0.39, 0.29) is 6.29 Å². The van der Waals surface area contributed by atoms with Crippen LogP contribution in [0.4, 0.5) is 0 Å². The van der Waals surface area contributed by atoms with Crippen LogP contribution in [-0.2, 0) is 9.47 Å². The Bertz CT molecular complexity index is 188. The van der Waals surface area contributed by atoms with Crippen LogP contribution in [0.5, 0.6) is 0 Å². The van der Waals surface area contributed by atoms with E-state index in [0.717, 1.165) is 12.8 Å². The molecule has 13 heavy (non-hydrogen) atoms. The van der Waals surface area contributed by atoms with Gasteiger partial charge < -0.3 is 9.47 Å². The van der Waals surface area contributed by atoms with Gasteiger partial charge in [0.2, 0.25) is 0 Å². The smallest absolute Gasteiger partial charge is 0.161 e. The maximum Gasteiger partial charge on any atom is 0.161 e. The molecule has 0 aliphatic heterocycles. The van der Waals surface area contributed by atoms with Crippen molar-refractivity contribution < 1.29 is 9.47 Å². The van der Waals surface area contributed by atoms with Crippen molar-refractivity contribution in [1.29, 1.82) is 0 Å². The Labute approximate surface area is 80.2 Å². The van der Waals surface area contributed by atoms with Crippen LogP contribution in [0, 0.1) is 0 Å². The van der Waals surface area contributed by atoms with E-state index in [0.29, 0.717) is 13.2 Å². The molecule has 0 N–H and O–H groups in total. The zero-order valence-electron chi connectivity index (χ0n) is 8.45.